The summed E-state index contributed by atoms with van der Waals surface area (Å²) in [5.74, 6) is 0. The van der Waals surface area contributed by atoms with Crippen LogP contribution >= 0.6 is 24.0 Å². The first kappa shape index (κ1) is 12.0. The third-order valence-corrected chi connectivity index (χ3v) is 5.47. The van der Waals surface area contributed by atoms with Crippen molar-refractivity contribution in [2.45, 2.75) is 34.6 Å². The standard InChI is InChI=1S/C12H18S2/c1-7-8(2)10(4)12(5,9(7)3)11(13)14-6/h1-6H3. The van der Waals surface area contributed by atoms with Crippen LogP contribution in [0, 0.1) is 5.41 Å². The highest BCUT2D eigenvalue weighted by Crippen LogP contribution is 2.49. The topological polar surface area (TPSA) is 0 Å². The van der Waals surface area contributed by atoms with Crippen molar-refractivity contribution in [2.75, 3.05) is 6.26 Å². The lowest BCUT2D eigenvalue weighted by Crippen LogP contribution is -2.24. The predicted molar refractivity (Wildman–Crippen MR) is 71.0 cm³/mol. The van der Waals surface area contributed by atoms with E-state index in [4.69, 9.17) is 12.2 Å². The lowest BCUT2D eigenvalue weighted by molar-refractivity contribution is 0.693. The van der Waals surface area contributed by atoms with Crippen LogP contribution in [-0.2, 0) is 0 Å². The van der Waals surface area contributed by atoms with Crippen molar-refractivity contribution >= 4 is 28.2 Å². The molecule has 0 bridgehead atoms. The van der Waals surface area contributed by atoms with Crippen LogP contribution in [0.25, 0.3) is 0 Å². The van der Waals surface area contributed by atoms with E-state index in [2.05, 4.69) is 40.9 Å². The van der Waals surface area contributed by atoms with Crippen LogP contribution < -0.4 is 0 Å². The molecule has 0 saturated heterocycles. The highest BCUT2D eigenvalue weighted by Gasteiger charge is 2.39. The van der Waals surface area contributed by atoms with Crippen LogP contribution in [0.1, 0.15) is 34.6 Å². The highest BCUT2D eigenvalue weighted by molar-refractivity contribution is 8.22. The summed E-state index contributed by atoms with van der Waals surface area (Å²) in [5, 5.41) is 0. The van der Waals surface area contributed by atoms with Gasteiger partial charge in [0.25, 0.3) is 0 Å². The van der Waals surface area contributed by atoms with E-state index in [0.717, 1.165) is 4.20 Å². The quantitative estimate of drug-likeness (QED) is 0.609. The molecule has 1 rings (SSSR count). The molecule has 0 aromatic heterocycles. The van der Waals surface area contributed by atoms with Crippen molar-refractivity contribution in [1.82, 2.24) is 0 Å². The predicted octanol–water partition coefficient (Wildman–Crippen LogP) is 4.37. The summed E-state index contributed by atoms with van der Waals surface area (Å²) in [5.41, 5.74) is 5.70. The van der Waals surface area contributed by atoms with Crippen molar-refractivity contribution in [1.29, 1.82) is 0 Å². The maximum absolute atomic E-state index is 5.48. The second-order valence-corrected chi connectivity index (χ2v) is 5.60. The zero-order valence-corrected chi connectivity index (χ0v) is 11.4. The molecule has 0 aliphatic heterocycles. The van der Waals surface area contributed by atoms with Crippen molar-refractivity contribution in [3.63, 3.8) is 0 Å². The first-order valence-corrected chi connectivity index (χ1v) is 6.45. The van der Waals surface area contributed by atoms with Crippen molar-refractivity contribution < 1.29 is 0 Å². The molecular formula is C12H18S2. The molecule has 0 spiro atoms. The average molecular weight is 226 g/mol. The van der Waals surface area contributed by atoms with Gasteiger partial charge in [-0.2, -0.15) is 0 Å². The molecular weight excluding hydrogens is 208 g/mol. The molecule has 1 aliphatic carbocycles. The van der Waals surface area contributed by atoms with Gasteiger partial charge in [-0.1, -0.05) is 23.4 Å². The van der Waals surface area contributed by atoms with Gasteiger partial charge in [-0.05, 0) is 52.0 Å². The monoisotopic (exact) mass is 226 g/mol. The molecule has 78 valence electrons. The summed E-state index contributed by atoms with van der Waals surface area (Å²) >= 11 is 7.18. The van der Waals surface area contributed by atoms with Gasteiger partial charge in [-0.25, -0.2) is 0 Å². The number of hydrogen-bond acceptors (Lipinski definition) is 2. The normalized spacial score (nSPS) is 20.7. The lowest BCUT2D eigenvalue weighted by atomic mass is 9.81. The van der Waals surface area contributed by atoms with Gasteiger partial charge in [0.05, 0.1) is 9.61 Å². The van der Waals surface area contributed by atoms with E-state index in [1.54, 1.807) is 11.8 Å². The van der Waals surface area contributed by atoms with Crippen LogP contribution in [0.5, 0.6) is 0 Å². The molecule has 1 aliphatic rings. The van der Waals surface area contributed by atoms with E-state index < -0.39 is 0 Å². The number of rotatable bonds is 1. The molecule has 14 heavy (non-hydrogen) atoms. The van der Waals surface area contributed by atoms with Crippen LogP contribution in [0.15, 0.2) is 22.3 Å². The zero-order valence-electron chi connectivity index (χ0n) is 9.82. The second-order valence-electron chi connectivity index (χ2n) is 4.12. The second kappa shape index (κ2) is 3.82. The third-order valence-electron chi connectivity index (χ3n) is 3.78. The summed E-state index contributed by atoms with van der Waals surface area (Å²) in [6.45, 7) is 11.1. The fraction of sp³-hybridized carbons (Fsp3) is 0.583. The Hall–Kier alpha value is -0.0800. The zero-order chi connectivity index (χ0) is 11.1. The number of thioether (sulfide) groups is 1. The maximum Gasteiger partial charge on any atom is 0.0616 e. The Morgan fingerprint density at radius 1 is 1.07 bits per heavy atom. The summed E-state index contributed by atoms with van der Waals surface area (Å²) in [4.78, 5) is 0. The highest BCUT2D eigenvalue weighted by atomic mass is 32.2. The molecule has 0 heterocycles. The fourth-order valence-corrected chi connectivity index (χ4v) is 3.12. The molecule has 0 radical (unpaired) electrons. The van der Waals surface area contributed by atoms with Gasteiger partial charge in [0.1, 0.15) is 0 Å². The molecule has 0 aromatic rings. The summed E-state index contributed by atoms with van der Waals surface area (Å²) in [6, 6.07) is 0. The SMILES string of the molecule is CSC(=S)C1(C)C(C)=C(C)C(C)=C1C. The average Bonchev–Trinajstić information content (AvgIpc) is 2.34. The molecule has 0 aromatic carbocycles. The third kappa shape index (κ3) is 1.40. The Kier molecular flexibility index (Phi) is 3.27. The van der Waals surface area contributed by atoms with Gasteiger partial charge in [0, 0.05) is 0 Å². The van der Waals surface area contributed by atoms with E-state index in [1.807, 2.05) is 0 Å². The van der Waals surface area contributed by atoms with Crippen LogP contribution in [0.4, 0.5) is 0 Å². The number of hydrogen-bond donors (Lipinski definition) is 0. The number of thiocarbonyl (C=S) groups is 1. The smallest absolute Gasteiger partial charge is 0.0616 e. The molecule has 2 heteroatoms. The molecule has 0 N–H and O–H groups in total. The van der Waals surface area contributed by atoms with Crippen LogP contribution in [-0.4, -0.2) is 10.5 Å². The first-order chi connectivity index (χ1) is 6.37. The van der Waals surface area contributed by atoms with Gasteiger partial charge in [0.15, 0.2) is 0 Å². The molecule has 0 saturated carbocycles. The van der Waals surface area contributed by atoms with Crippen molar-refractivity contribution in [3.8, 4) is 0 Å². The first-order valence-electron chi connectivity index (χ1n) is 4.82. The lowest BCUT2D eigenvalue weighted by Gasteiger charge is -2.29. The van der Waals surface area contributed by atoms with Gasteiger partial charge < -0.3 is 0 Å². The molecule has 0 fully saturated rings. The van der Waals surface area contributed by atoms with Crippen LogP contribution in [0.3, 0.4) is 0 Å². The minimum atomic E-state index is 0.0168. The van der Waals surface area contributed by atoms with Gasteiger partial charge in [-0.3, -0.25) is 0 Å². The van der Waals surface area contributed by atoms with E-state index in [9.17, 15) is 0 Å². The Bertz CT molecular complexity index is 321. The Morgan fingerprint density at radius 3 is 1.71 bits per heavy atom. The van der Waals surface area contributed by atoms with Crippen molar-refractivity contribution in [3.05, 3.63) is 22.3 Å². The summed E-state index contributed by atoms with van der Waals surface area (Å²) in [7, 11) is 0. The minimum Gasteiger partial charge on any atom is -0.121 e. The van der Waals surface area contributed by atoms with E-state index in [1.165, 1.54) is 22.3 Å². The van der Waals surface area contributed by atoms with E-state index in [0.29, 0.717) is 0 Å². The van der Waals surface area contributed by atoms with Gasteiger partial charge >= 0.3 is 0 Å². The van der Waals surface area contributed by atoms with E-state index in [-0.39, 0.29) is 5.41 Å². The molecule has 0 nitrogen and oxygen atoms in total. The maximum atomic E-state index is 5.48. The Morgan fingerprint density at radius 2 is 1.43 bits per heavy atom. The molecule has 0 unspecified atom stereocenters. The Labute approximate surface area is 96.9 Å². The van der Waals surface area contributed by atoms with Gasteiger partial charge in [0.2, 0.25) is 0 Å². The largest absolute Gasteiger partial charge is 0.121 e. The Balaban J connectivity index is 3.33. The summed E-state index contributed by atoms with van der Waals surface area (Å²) < 4.78 is 1.09. The fourth-order valence-electron chi connectivity index (χ4n) is 2.10. The molecule has 0 atom stereocenters. The molecule has 0 amide bonds. The van der Waals surface area contributed by atoms with Gasteiger partial charge in [-0.15, -0.1) is 11.8 Å². The van der Waals surface area contributed by atoms with E-state index >= 15 is 0 Å². The minimum absolute atomic E-state index is 0.0168. The number of allylic oxidation sites excluding steroid dienone is 4. The summed E-state index contributed by atoms with van der Waals surface area (Å²) in [6.07, 6.45) is 2.07. The van der Waals surface area contributed by atoms with Crippen LogP contribution in [0.2, 0.25) is 0 Å². The van der Waals surface area contributed by atoms with Crippen molar-refractivity contribution in [2.24, 2.45) is 5.41 Å².